The highest BCUT2D eigenvalue weighted by Gasteiger charge is 2.23. The molecule has 0 aliphatic heterocycles. The van der Waals surface area contributed by atoms with E-state index >= 15 is 0 Å². The Balaban J connectivity index is 1.74. The van der Waals surface area contributed by atoms with Crippen molar-refractivity contribution in [1.29, 1.82) is 0 Å². The first-order chi connectivity index (χ1) is 13.2. The van der Waals surface area contributed by atoms with E-state index in [0.29, 0.717) is 17.8 Å². The fraction of sp³-hybridized carbons (Fsp3) is 0.0952. The number of carbonyl (C=O) groups is 1. The van der Waals surface area contributed by atoms with Gasteiger partial charge in [0.2, 0.25) is 0 Å². The van der Waals surface area contributed by atoms with Gasteiger partial charge in [-0.15, -0.1) is 0 Å². The van der Waals surface area contributed by atoms with E-state index in [1.807, 2.05) is 54.6 Å². The SMILES string of the molecule is Cc1nocc1C(=O)N(Cc1cnc[nH]1)c1cccc(-c2ccccc2)c1. The minimum absolute atomic E-state index is 0.173. The first kappa shape index (κ1) is 16.8. The van der Waals surface area contributed by atoms with Gasteiger partial charge in [0, 0.05) is 11.9 Å². The number of aromatic amines is 1. The summed E-state index contributed by atoms with van der Waals surface area (Å²) in [6, 6.07) is 18.0. The van der Waals surface area contributed by atoms with Crippen LogP contribution in [0.2, 0.25) is 0 Å². The number of aryl methyl sites for hydroxylation is 1. The van der Waals surface area contributed by atoms with Crippen LogP contribution in [0.1, 0.15) is 21.7 Å². The molecule has 2 heterocycles. The molecule has 6 heteroatoms. The Hall–Kier alpha value is -3.67. The number of nitrogens with zero attached hydrogens (tertiary/aromatic N) is 3. The van der Waals surface area contributed by atoms with Crippen LogP contribution in [-0.4, -0.2) is 21.0 Å². The minimum Gasteiger partial charge on any atom is -0.364 e. The number of rotatable bonds is 5. The first-order valence-corrected chi connectivity index (χ1v) is 8.58. The van der Waals surface area contributed by atoms with Crippen LogP contribution in [0.25, 0.3) is 11.1 Å². The van der Waals surface area contributed by atoms with E-state index in [9.17, 15) is 4.79 Å². The monoisotopic (exact) mass is 358 g/mol. The summed E-state index contributed by atoms with van der Waals surface area (Å²) >= 11 is 0. The molecule has 0 unspecified atom stereocenters. The molecule has 0 atom stereocenters. The summed E-state index contributed by atoms with van der Waals surface area (Å²) in [7, 11) is 0. The molecule has 0 fully saturated rings. The molecular formula is C21H18N4O2. The molecule has 0 radical (unpaired) electrons. The maximum atomic E-state index is 13.2. The Morgan fingerprint density at radius 3 is 2.63 bits per heavy atom. The molecule has 0 saturated carbocycles. The van der Waals surface area contributed by atoms with Crippen molar-refractivity contribution in [2.24, 2.45) is 0 Å². The molecule has 2 aromatic carbocycles. The third kappa shape index (κ3) is 3.50. The van der Waals surface area contributed by atoms with E-state index in [4.69, 9.17) is 4.52 Å². The summed E-state index contributed by atoms with van der Waals surface area (Å²) in [6.45, 7) is 2.12. The number of benzene rings is 2. The topological polar surface area (TPSA) is 75.0 Å². The summed E-state index contributed by atoms with van der Waals surface area (Å²) < 4.78 is 4.96. The van der Waals surface area contributed by atoms with Crippen LogP contribution >= 0.6 is 0 Å². The average molecular weight is 358 g/mol. The van der Waals surface area contributed by atoms with E-state index in [-0.39, 0.29) is 5.91 Å². The molecule has 2 aromatic heterocycles. The second-order valence-corrected chi connectivity index (χ2v) is 6.20. The van der Waals surface area contributed by atoms with Gasteiger partial charge in [0.05, 0.1) is 24.3 Å². The number of carbonyl (C=O) groups excluding carboxylic acids is 1. The lowest BCUT2D eigenvalue weighted by atomic mass is 10.0. The van der Waals surface area contributed by atoms with Gasteiger partial charge in [0.25, 0.3) is 5.91 Å². The Morgan fingerprint density at radius 2 is 1.93 bits per heavy atom. The lowest BCUT2D eigenvalue weighted by molar-refractivity contribution is 0.0983. The zero-order chi connectivity index (χ0) is 18.6. The molecule has 0 aliphatic carbocycles. The van der Waals surface area contributed by atoms with Crippen molar-refractivity contribution in [1.82, 2.24) is 15.1 Å². The molecule has 4 aromatic rings. The summed E-state index contributed by atoms with van der Waals surface area (Å²) in [4.78, 5) is 22.0. The Kier molecular flexibility index (Phi) is 4.53. The van der Waals surface area contributed by atoms with Gasteiger partial charge in [-0.1, -0.05) is 47.6 Å². The fourth-order valence-electron chi connectivity index (χ4n) is 2.95. The van der Waals surface area contributed by atoms with Gasteiger partial charge in [0.1, 0.15) is 11.8 Å². The zero-order valence-electron chi connectivity index (χ0n) is 14.8. The van der Waals surface area contributed by atoms with E-state index in [0.717, 1.165) is 22.5 Å². The minimum atomic E-state index is -0.173. The van der Waals surface area contributed by atoms with E-state index < -0.39 is 0 Å². The van der Waals surface area contributed by atoms with Crippen LogP contribution in [-0.2, 0) is 6.54 Å². The summed E-state index contributed by atoms with van der Waals surface area (Å²) in [5.41, 5.74) is 4.76. The highest BCUT2D eigenvalue weighted by atomic mass is 16.5. The third-order valence-electron chi connectivity index (χ3n) is 4.37. The smallest absolute Gasteiger partial charge is 0.263 e. The number of hydrogen-bond acceptors (Lipinski definition) is 4. The third-order valence-corrected chi connectivity index (χ3v) is 4.37. The van der Waals surface area contributed by atoms with Crippen LogP contribution in [0.15, 0.2) is 77.9 Å². The standard InChI is InChI=1S/C21H18N4O2/c1-15-20(13-27-24-15)21(26)25(12-18-11-22-14-23-18)19-9-5-8-17(10-19)16-6-3-2-4-7-16/h2-11,13-14H,12H2,1H3,(H,22,23). The predicted octanol–water partition coefficient (Wildman–Crippen LogP) is 4.22. The molecule has 1 amide bonds. The van der Waals surface area contributed by atoms with Gasteiger partial charge in [-0.25, -0.2) is 4.98 Å². The van der Waals surface area contributed by atoms with E-state index in [1.165, 1.54) is 6.26 Å². The maximum absolute atomic E-state index is 13.2. The van der Waals surface area contributed by atoms with Crippen LogP contribution in [0, 0.1) is 6.92 Å². The number of nitrogens with one attached hydrogen (secondary N) is 1. The highest BCUT2D eigenvalue weighted by molar-refractivity contribution is 6.06. The Bertz CT molecular complexity index is 1040. The summed E-state index contributed by atoms with van der Waals surface area (Å²) in [5.74, 6) is -0.173. The van der Waals surface area contributed by atoms with Crippen LogP contribution in [0.3, 0.4) is 0 Å². The molecule has 0 bridgehead atoms. The molecule has 1 N–H and O–H groups in total. The van der Waals surface area contributed by atoms with Crippen LogP contribution < -0.4 is 4.90 Å². The van der Waals surface area contributed by atoms with Crippen molar-refractivity contribution >= 4 is 11.6 Å². The van der Waals surface area contributed by atoms with E-state index in [2.05, 4.69) is 15.1 Å². The lowest BCUT2D eigenvalue weighted by Crippen LogP contribution is -2.30. The van der Waals surface area contributed by atoms with Crippen molar-refractivity contribution in [2.75, 3.05) is 4.90 Å². The quantitative estimate of drug-likeness (QED) is 0.579. The molecular weight excluding hydrogens is 340 g/mol. The van der Waals surface area contributed by atoms with Crippen molar-refractivity contribution in [3.63, 3.8) is 0 Å². The molecule has 0 saturated heterocycles. The highest BCUT2D eigenvalue weighted by Crippen LogP contribution is 2.27. The number of anilines is 1. The van der Waals surface area contributed by atoms with Crippen LogP contribution in [0.5, 0.6) is 0 Å². The molecule has 27 heavy (non-hydrogen) atoms. The molecule has 134 valence electrons. The summed E-state index contributed by atoms with van der Waals surface area (Å²) in [5, 5.41) is 3.83. The fourth-order valence-corrected chi connectivity index (χ4v) is 2.95. The Labute approximate surface area is 156 Å². The van der Waals surface area contributed by atoms with Gasteiger partial charge in [0.15, 0.2) is 0 Å². The normalized spacial score (nSPS) is 10.7. The van der Waals surface area contributed by atoms with Crippen molar-refractivity contribution in [2.45, 2.75) is 13.5 Å². The van der Waals surface area contributed by atoms with Crippen molar-refractivity contribution in [3.8, 4) is 11.1 Å². The number of aromatic nitrogens is 3. The van der Waals surface area contributed by atoms with Gasteiger partial charge in [-0.05, 0) is 30.2 Å². The number of H-pyrrole nitrogens is 1. The van der Waals surface area contributed by atoms with Gasteiger partial charge in [-0.2, -0.15) is 0 Å². The second kappa shape index (κ2) is 7.29. The molecule has 4 rings (SSSR count). The number of amides is 1. The molecule has 0 spiro atoms. The molecule has 0 aliphatic rings. The van der Waals surface area contributed by atoms with Gasteiger partial charge >= 0.3 is 0 Å². The predicted molar refractivity (Wildman–Crippen MR) is 102 cm³/mol. The first-order valence-electron chi connectivity index (χ1n) is 8.58. The Morgan fingerprint density at radius 1 is 1.11 bits per heavy atom. The van der Waals surface area contributed by atoms with Crippen molar-refractivity contribution < 1.29 is 9.32 Å². The lowest BCUT2D eigenvalue weighted by Gasteiger charge is -2.22. The van der Waals surface area contributed by atoms with E-state index in [1.54, 1.807) is 24.3 Å². The molecule has 6 nitrogen and oxygen atoms in total. The van der Waals surface area contributed by atoms with Gasteiger partial charge in [-0.3, -0.25) is 4.79 Å². The largest absolute Gasteiger partial charge is 0.364 e. The number of imidazole rings is 1. The van der Waals surface area contributed by atoms with Crippen LogP contribution in [0.4, 0.5) is 5.69 Å². The number of hydrogen-bond donors (Lipinski definition) is 1. The second-order valence-electron chi connectivity index (χ2n) is 6.20. The maximum Gasteiger partial charge on any atom is 0.263 e. The van der Waals surface area contributed by atoms with Crippen molar-refractivity contribution in [3.05, 3.63) is 90.3 Å². The average Bonchev–Trinajstić information content (AvgIpc) is 3.38. The summed E-state index contributed by atoms with van der Waals surface area (Å²) in [6.07, 6.45) is 4.70. The van der Waals surface area contributed by atoms with Gasteiger partial charge < -0.3 is 14.4 Å². The zero-order valence-corrected chi connectivity index (χ0v) is 14.8.